The normalized spacial score (nSPS) is 11.8. The van der Waals surface area contributed by atoms with E-state index in [0.29, 0.717) is 28.8 Å². The van der Waals surface area contributed by atoms with Crippen LogP contribution in [0.1, 0.15) is 11.8 Å². The lowest BCUT2D eigenvalue weighted by molar-refractivity contribution is -0.881. The van der Waals surface area contributed by atoms with Gasteiger partial charge in [0.15, 0.2) is 13.1 Å². The molecule has 1 heterocycles. The SMILES string of the molecule is CC[NH+](CC(=O)NCc1cccs1)CC(=O)Nc1cc(Cl)cc(Cl)c1. The van der Waals surface area contributed by atoms with Crippen LogP contribution < -0.4 is 15.5 Å². The molecular weight excluding hydrogens is 381 g/mol. The number of carbonyl (C=O) groups excluding carboxylic acids is 2. The van der Waals surface area contributed by atoms with Gasteiger partial charge in [0.2, 0.25) is 0 Å². The van der Waals surface area contributed by atoms with Crippen LogP contribution in [0.2, 0.25) is 10.0 Å². The van der Waals surface area contributed by atoms with Gasteiger partial charge in [-0.05, 0) is 36.6 Å². The van der Waals surface area contributed by atoms with Crippen LogP contribution in [-0.4, -0.2) is 31.4 Å². The summed E-state index contributed by atoms with van der Waals surface area (Å²) in [5, 5.41) is 8.51. The van der Waals surface area contributed by atoms with Gasteiger partial charge in [0.05, 0.1) is 13.1 Å². The molecule has 2 aromatic rings. The maximum atomic E-state index is 12.2. The fourth-order valence-electron chi connectivity index (χ4n) is 2.26. The second-order valence-corrected chi connectivity index (χ2v) is 7.42. The van der Waals surface area contributed by atoms with E-state index in [1.165, 1.54) is 0 Å². The summed E-state index contributed by atoms with van der Waals surface area (Å²) >= 11 is 13.4. The molecule has 0 aliphatic carbocycles. The highest BCUT2D eigenvalue weighted by Gasteiger charge is 2.17. The lowest BCUT2D eigenvalue weighted by atomic mass is 10.3. The molecule has 1 atom stereocenters. The van der Waals surface area contributed by atoms with Gasteiger partial charge >= 0.3 is 0 Å². The molecular formula is C17H20Cl2N3O2S+. The van der Waals surface area contributed by atoms with Gasteiger partial charge in [0, 0.05) is 20.6 Å². The van der Waals surface area contributed by atoms with Crippen LogP contribution in [0.15, 0.2) is 35.7 Å². The topological polar surface area (TPSA) is 62.6 Å². The Morgan fingerprint density at radius 2 is 1.80 bits per heavy atom. The van der Waals surface area contributed by atoms with E-state index < -0.39 is 0 Å². The number of hydrogen-bond acceptors (Lipinski definition) is 3. The summed E-state index contributed by atoms with van der Waals surface area (Å²) in [5.41, 5.74) is 0.542. The smallest absolute Gasteiger partial charge is 0.279 e. The van der Waals surface area contributed by atoms with Crippen molar-refractivity contribution in [3.05, 3.63) is 50.6 Å². The molecule has 1 aromatic carbocycles. The minimum absolute atomic E-state index is 0.0798. The first-order valence-corrected chi connectivity index (χ1v) is 9.48. The Balaban J connectivity index is 1.81. The Morgan fingerprint density at radius 3 is 2.40 bits per heavy atom. The number of thiophene rings is 1. The lowest BCUT2D eigenvalue weighted by Crippen LogP contribution is -3.13. The number of hydrogen-bond donors (Lipinski definition) is 3. The first-order chi connectivity index (χ1) is 12.0. The van der Waals surface area contributed by atoms with Crippen LogP contribution in [0.4, 0.5) is 5.69 Å². The van der Waals surface area contributed by atoms with Crippen molar-refractivity contribution in [1.29, 1.82) is 0 Å². The van der Waals surface area contributed by atoms with Crippen LogP contribution in [0, 0.1) is 0 Å². The molecule has 25 heavy (non-hydrogen) atoms. The molecule has 3 N–H and O–H groups in total. The highest BCUT2D eigenvalue weighted by molar-refractivity contribution is 7.09. The fourth-order valence-corrected chi connectivity index (χ4v) is 3.43. The Bertz CT molecular complexity index is 702. The van der Waals surface area contributed by atoms with E-state index in [1.54, 1.807) is 29.5 Å². The number of nitrogens with one attached hydrogen (secondary N) is 3. The molecule has 0 saturated carbocycles. The molecule has 0 aliphatic rings. The largest absolute Gasteiger partial charge is 0.346 e. The molecule has 0 fully saturated rings. The molecule has 0 spiro atoms. The van der Waals surface area contributed by atoms with Gasteiger partial charge in [0.1, 0.15) is 0 Å². The van der Waals surface area contributed by atoms with Gasteiger partial charge in [-0.15, -0.1) is 11.3 Å². The Labute approximate surface area is 160 Å². The second kappa shape index (κ2) is 9.77. The Hall–Kier alpha value is -1.60. The summed E-state index contributed by atoms with van der Waals surface area (Å²) < 4.78 is 0. The van der Waals surface area contributed by atoms with Gasteiger partial charge in [-0.3, -0.25) is 9.59 Å². The number of amides is 2. The number of rotatable bonds is 8. The van der Waals surface area contributed by atoms with E-state index in [0.717, 1.165) is 9.78 Å². The van der Waals surface area contributed by atoms with Crippen molar-refractivity contribution in [2.24, 2.45) is 0 Å². The number of quaternary nitrogens is 1. The van der Waals surface area contributed by atoms with Crippen LogP contribution in [-0.2, 0) is 16.1 Å². The molecule has 134 valence electrons. The van der Waals surface area contributed by atoms with Crippen molar-refractivity contribution >= 4 is 52.0 Å². The van der Waals surface area contributed by atoms with E-state index in [9.17, 15) is 9.59 Å². The van der Waals surface area contributed by atoms with Crippen LogP contribution in [0.5, 0.6) is 0 Å². The molecule has 0 bridgehead atoms. The number of halogens is 2. The molecule has 2 amide bonds. The third-order valence-electron chi connectivity index (χ3n) is 3.51. The van der Waals surface area contributed by atoms with Crippen LogP contribution in [0.3, 0.4) is 0 Å². The number of likely N-dealkylation sites (N-methyl/N-ethyl adjacent to an activating group) is 1. The zero-order valence-corrected chi connectivity index (χ0v) is 16.1. The van der Waals surface area contributed by atoms with Crippen molar-refractivity contribution in [2.75, 3.05) is 25.0 Å². The van der Waals surface area contributed by atoms with Crippen molar-refractivity contribution in [3.8, 4) is 0 Å². The zero-order chi connectivity index (χ0) is 18.2. The Morgan fingerprint density at radius 1 is 1.12 bits per heavy atom. The molecule has 5 nitrogen and oxygen atoms in total. The van der Waals surface area contributed by atoms with Gasteiger partial charge in [-0.25, -0.2) is 0 Å². The first-order valence-electron chi connectivity index (χ1n) is 7.85. The number of benzene rings is 1. The summed E-state index contributed by atoms with van der Waals surface area (Å²) in [6, 6.07) is 8.77. The average molecular weight is 401 g/mol. The molecule has 1 aromatic heterocycles. The van der Waals surface area contributed by atoms with Gasteiger partial charge in [0.25, 0.3) is 11.8 Å². The predicted molar refractivity (Wildman–Crippen MR) is 102 cm³/mol. The van der Waals surface area contributed by atoms with Crippen molar-refractivity contribution in [3.63, 3.8) is 0 Å². The monoisotopic (exact) mass is 400 g/mol. The van der Waals surface area contributed by atoms with E-state index in [2.05, 4.69) is 10.6 Å². The summed E-state index contributed by atoms with van der Waals surface area (Å²) in [6.45, 7) is 3.54. The molecule has 1 unspecified atom stereocenters. The highest BCUT2D eigenvalue weighted by Crippen LogP contribution is 2.22. The second-order valence-electron chi connectivity index (χ2n) is 5.52. The van der Waals surface area contributed by atoms with E-state index in [-0.39, 0.29) is 24.9 Å². The zero-order valence-electron chi connectivity index (χ0n) is 13.8. The van der Waals surface area contributed by atoms with Crippen molar-refractivity contribution < 1.29 is 14.5 Å². The average Bonchev–Trinajstić information content (AvgIpc) is 3.04. The van der Waals surface area contributed by atoms with Gasteiger partial charge in [-0.1, -0.05) is 29.3 Å². The van der Waals surface area contributed by atoms with Crippen molar-refractivity contribution in [1.82, 2.24) is 5.32 Å². The van der Waals surface area contributed by atoms with Crippen LogP contribution >= 0.6 is 34.5 Å². The maximum absolute atomic E-state index is 12.2. The predicted octanol–water partition coefficient (Wildman–Crippen LogP) is 2.21. The third-order valence-corrected chi connectivity index (χ3v) is 4.82. The first kappa shape index (κ1) is 19.7. The standard InChI is InChI=1S/C17H19Cl2N3O2S/c1-2-22(10-16(23)20-9-15-4-3-5-25-15)11-17(24)21-14-7-12(18)6-13(19)8-14/h3-8H,2,9-11H2,1H3,(H,20,23)(H,21,24)/p+1. The quantitative estimate of drug-likeness (QED) is 0.635. The summed E-state index contributed by atoms with van der Waals surface area (Å²) in [6.07, 6.45) is 0. The van der Waals surface area contributed by atoms with E-state index in [1.807, 2.05) is 24.4 Å². The summed E-state index contributed by atoms with van der Waals surface area (Å²) in [5.74, 6) is -0.273. The molecule has 2 rings (SSSR count). The minimum Gasteiger partial charge on any atom is -0.346 e. The van der Waals surface area contributed by atoms with Gasteiger partial charge in [-0.2, -0.15) is 0 Å². The molecule has 0 radical (unpaired) electrons. The summed E-state index contributed by atoms with van der Waals surface area (Å²) in [4.78, 5) is 26.2. The molecule has 8 heteroatoms. The number of anilines is 1. The Kier molecular flexibility index (Phi) is 7.71. The number of carbonyl (C=O) groups is 2. The van der Waals surface area contributed by atoms with E-state index >= 15 is 0 Å². The van der Waals surface area contributed by atoms with Crippen LogP contribution in [0.25, 0.3) is 0 Å². The van der Waals surface area contributed by atoms with Gasteiger partial charge < -0.3 is 15.5 Å². The van der Waals surface area contributed by atoms with E-state index in [4.69, 9.17) is 23.2 Å². The highest BCUT2D eigenvalue weighted by atomic mass is 35.5. The third kappa shape index (κ3) is 7.04. The fraction of sp³-hybridized carbons (Fsp3) is 0.294. The maximum Gasteiger partial charge on any atom is 0.279 e. The lowest BCUT2D eigenvalue weighted by Gasteiger charge is -2.17. The van der Waals surface area contributed by atoms with Crippen molar-refractivity contribution in [2.45, 2.75) is 13.5 Å². The summed E-state index contributed by atoms with van der Waals surface area (Å²) in [7, 11) is 0. The molecule has 0 saturated heterocycles. The minimum atomic E-state index is -0.193. The molecule has 0 aliphatic heterocycles.